The van der Waals surface area contributed by atoms with Gasteiger partial charge in [-0.25, -0.2) is 0 Å². The highest BCUT2D eigenvalue weighted by Gasteiger charge is 2.24. The molecular formula is C37H36N6O4. The minimum absolute atomic E-state index is 0.0414. The SMILES string of the molecule is COc1cccc(Cn2ccc3cc(Nc4c(C#N)cnc5cc(OC6CCOC6)c(N6CCC(=CC(N)=O)CC6)cc45)ccc32)c1. The van der Waals surface area contributed by atoms with Crippen LogP contribution in [0.25, 0.3) is 21.8 Å². The molecule has 2 fully saturated rings. The average Bonchev–Trinajstić information content (AvgIpc) is 3.75. The zero-order chi connectivity index (χ0) is 32.3. The summed E-state index contributed by atoms with van der Waals surface area (Å²) in [6, 6.07) is 22.8. The first kappa shape index (κ1) is 30.1. The summed E-state index contributed by atoms with van der Waals surface area (Å²) in [6.07, 6.45) is 7.47. The zero-order valence-corrected chi connectivity index (χ0v) is 26.2. The van der Waals surface area contributed by atoms with Crippen LogP contribution < -0.4 is 25.4 Å². The Morgan fingerprint density at radius 1 is 1.17 bits per heavy atom. The summed E-state index contributed by atoms with van der Waals surface area (Å²) < 4.78 is 19.7. The van der Waals surface area contributed by atoms with Crippen molar-refractivity contribution in [3.8, 4) is 17.6 Å². The third-order valence-electron chi connectivity index (χ3n) is 8.87. The maximum Gasteiger partial charge on any atom is 0.241 e. The third kappa shape index (κ3) is 6.44. The fourth-order valence-electron chi connectivity index (χ4n) is 6.46. The van der Waals surface area contributed by atoms with Crippen molar-refractivity contribution >= 4 is 44.8 Å². The molecule has 1 atom stereocenters. The van der Waals surface area contributed by atoms with Gasteiger partial charge in [-0.1, -0.05) is 17.7 Å². The number of anilines is 3. The van der Waals surface area contributed by atoms with Crippen molar-refractivity contribution in [1.29, 1.82) is 5.26 Å². The van der Waals surface area contributed by atoms with E-state index in [1.807, 2.05) is 30.3 Å². The maximum absolute atomic E-state index is 11.5. The largest absolute Gasteiger partial charge is 0.497 e. The topological polar surface area (TPSA) is 128 Å². The first-order valence-corrected chi connectivity index (χ1v) is 15.8. The predicted octanol–water partition coefficient (Wildman–Crippen LogP) is 6.04. The van der Waals surface area contributed by atoms with Gasteiger partial charge in [-0.15, -0.1) is 0 Å². The minimum Gasteiger partial charge on any atom is -0.497 e. The molecule has 3 aromatic carbocycles. The van der Waals surface area contributed by atoms with Crippen LogP contribution in [0.3, 0.4) is 0 Å². The van der Waals surface area contributed by atoms with Gasteiger partial charge in [0.05, 0.1) is 42.8 Å². The van der Waals surface area contributed by atoms with Gasteiger partial charge in [0.15, 0.2) is 0 Å². The minimum atomic E-state index is -0.415. The first-order chi connectivity index (χ1) is 23.0. The van der Waals surface area contributed by atoms with E-state index in [0.29, 0.717) is 37.6 Å². The van der Waals surface area contributed by atoms with Gasteiger partial charge in [-0.3, -0.25) is 9.78 Å². The number of amides is 1. The zero-order valence-electron chi connectivity index (χ0n) is 26.2. The van der Waals surface area contributed by atoms with Crippen LogP contribution in [0.2, 0.25) is 0 Å². The van der Waals surface area contributed by atoms with Crippen LogP contribution in [0, 0.1) is 11.3 Å². The van der Waals surface area contributed by atoms with Crippen LogP contribution >= 0.6 is 0 Å². The molecule has 0 radical (unpaired) electrons. The number of hydrogen-bond acceptors (Lipinski definition) is 8. The van der Waals surface area contributed by atoms with E-state index in [4.69, 9.17) is 19.9 Å². The molecule has 3 N–H and O–H groups in total. The number of aromatic nitrogens is 2. The average molecular weight is 629 g/mol. The van der Waals surface area contributed by atoms with Gasteiger partial charge < -0.3 is 34.7 Å². The van der Waals surface area contributed by atoms with Crippen molar-refractivity contribution in [1.82, 2.24) is 9.55 Å². The van der Waals surface area contributed by atoms with Crippen molar-refractivity contribution in [2.24, 2.45) is 5.73 Å². The van der Waals surface area contributed by atoms with E-state index in [1.54, 1.807) is 19.4 Å². The van der Waals surface area contributed by atoms with Crippen LogP contribution in [0.5, 0.6) is 11.5 Å². The molecule has 47 heavy (non-hydrogen) atoms. The summed E-state index contributed by atoms with van der Waals surface area (Å²) in [5.74, 6) is 1.15. The van der Waals surface area contributed by atoms with Crippen molar-refractivity contribution in [3.63, 3.8) is 0 Å². The van der Waals surface area contributed by atoms with E-state index in [0.717, 1.165) is 81.6 Å². The number of rotatable bonds is 9. The molecule has 0 bridgehead atoms. The second-order valence-electron chi connectivity index (χ2n) is 12.0. The van der Waals surface area contributed by atoms with Crippen molar-refractivity contribution < 1.29 is 19.0 Å². The summed E-state index contributed by atoms with van der Waals surface area (Å²) in [7, 11) is 1.68. The molecule has 5 aromatic rings. The van der Waals surface area contributed by atoms with E-state index >= 15 is 0 Å². The molecule has 2 aliphatic rings. The van der Waals surface area contributed by atoms with Crippen molar-refractivity contribution in [2.75, 3.05) is 43.6 Å². The number of fused-ring (bicyclic) bond motifs is 2. The molecule has 10 nitrogen and oxygen atoms in total. The number of benzene rings is 3. The Labute approximate surface area is 272 Å². The molecule has 0 aliphatic carbocycles. The number of nitrogens with one attached hydrogen (secondary N) is 1. The van der Waals surface area contributed by atoms with Crippen molar-refractivity contribution in [3.05, 3.63) is 95.8 Å². The summed E-state index contributed by atoms with van der Waals surface area (Å²) >= 11 is 0. The highest BCUT2D eigenvalue weighted by atomic mass is 16.5. The van der Waals surface area contributed by atoms with E-state index in [1.165, 1.54) is 0 Å². The molecule has 1 unspecified atom stereocenters. The molecule has 238 valence electrons. The second kappa shape index (κ2) is 13.1. The number of nitrogens with two attached hydrogens (primary N) is 1. The fourth-order valence-corrected chi connectivity index (χ4v) is 6.46. The third-order valence-corrected chi connectivity index (χ3v) is 8.87. The second-order valence-corrected chi connectivity index (χ2v) is 12.0. The number of pyridine rings is 1. The number of primary amides is 1. The lowest BCUT2D eigenvalue weighted by Gasteiger charge is -2.32. The van der Waals surface area contributed by atoms with Crippen LogP contribution in [-0.2, 0) is 16.1 Å². The summed E-state index contributed by atoms with van der Waals surface area (Å²) in [5, 5.41) is 15.6. The number of hydrogen-bond donors (Lipinski definition) is 2. The smallest absolute Gasteiger partial charge is 0.241 e. The normalized spacial score (nSPS) is 16.3. The number of carbonyl (C=O) groups is 1. The number of methoxy groups -OCH3 is 1. The predicted molar refractivity (Wildman–Crippen MR) is 182 cm³/mol. The quantitative estimate of drug-likeness (QED) is 0.189. The monoisotopic (exact) mass is 628 g/mol. The summed E-state index contributed by atoms with van der Waals surface area (Å²) in [5.41, 5.74) is 12.4. The highest BCUT2D eigenvalue weighted by Crippen LogP contribution is 2.40. The molecule has 1 amide bonds. The van der Waals surface area contributed by atoms with E-state index in [-0.39, 0.29) is 6.10 Å². The van der Waals surface area contributed by atoms with Crippen LogP contribution in [0.15, 0.2) is 84.7 Å². The fraction of sp³-hybridized carbons (Fsp3) is 0.270. The van der Waals surface area contributed by atoms with Gasteiger partial charge in [0.25, 0.3) is 0 Å². The van der Waals surface area contributed by atoms with E-state index in [9.17, 15) is 10.1 Å². The van der Waals surface area contributed by atoms with Gasteiger partial charge in [0, 0.05) is 72.6 Å². The highest BCUT2D eigenvalue weighted by molar-refractivity contribution is 6.00. The Balaban J connectivity index is 1.23. The molecule has 0 saturated carbocycles. The molecule has 0 spiro atoms. The molecule has 4 heterocycles. The van der Waals surface area contributed by atoms with Gasteiger partial charge in [0.2, 0.25) is 5.91 Å². The Morgan fingerprint density at radius 3 is 2.81 bits per heavy atom. The Morgan fingerprint density at radius 2 is 2.04 bits per heavy atom. The number of nitrogens with zero attached hydrogens (tertiary/aromatic N) is 4. The number of piperidine rings is 1. The molecular weight excluding hydrogens is 592 g/mol. The van der Waals surface area contributed by atoms with Gasteiger partial charge >= 0.3 is 0 Å². The van der Waals surface area contributed by atoms with Crippen LogP contribution in [0.1, 0.15) is 30.4 Å². The number of ether oxygens (including phenoxy) is 3. The van der Waals surface area contributed by atoms with Gasteiger partial charge in [-0.2, -0.15) is 5.26 Å². The number of nitriles is 1. The van der Waals surface area contributed by atoms with E-state index < -0.39 is 5.91 Å². The summed E-state index contributed by atoms with van der Waals surface area (Å²) in [6.45, 7) is 3.35. The number of carbonyl (C=O) groups excluding carboxylic acids is 1. The van der Waals surface area contributed by atoms with Crippen molar-refractivity contribution in [2.45, 2.75) is 31.9 Å². The molecule has 7 rings (SSSR count). The molecule has 10 heteroatoms. The van der Waals surface area contributed by atoms with E-state index in [2.05, 4.69) is 62.4 Å². The Kier molecular flexibility index (Phi) is 8.38. The van der Waals surface area contributed by atoms with Gasteiger partial charge in [-0.05, 0) is 60.9 Å². The standard InChI is InChI=1S/C37H36N6O4/c1-45-29-4-2-3-25(15-29)22-43-13-9-26-17-28(5-6-33(26)43)41-37-27(20-38)21-40-32-19-35(47-30-10-14-46-23-30)34(18-31(32)37)42-11-7-24(8-12-42)16-36(39)44/h2-6,9,13,15-19,21,30H,7-8,10-12,14,22-23H2,1H3,(H2,39,44)(H,40,41). The lowest BCUT2D eigenvalue weighted by molar-refractivity contribution is -0.113. The summed E-state index contributed by atoms with van der Waals surface area (Å²) in [4.78, 5) is 18.4. The van der Waals surface area contributed by atoms with Crippen LogP contribution in [0.4, 0.5) is 17.1 Å². The lowest BCUT2D eigenvalue weighted by atomic mass is 10.0. The first-order valence-electron chi connectivity index (χ1n) is 15.8. The Bertz CT molecular complexity index is 2030. The molecule has 2 aliphatic heterocycles. The maximum atomic E-state index is 11.5. The lowest BCUT2D eigenvalue weighted by Crippen LogP contribution is -2.32. The Hall–Kier alpha value is -5.53. The molecule has 2 aromatic heterocycles. The van der Waals surface area contributed by atoms with Crippen LogP contribution in [-0.4, -0.2) is 55.0 Å². The molecule has 2 saturated heterocycles. The van der Waals surface area contributed by atoms with Gasteiger partial charge in [0.1, 0.15) is 23.7 Å².